The number of nitrogens with zero attached hydrogens (tertiary/aromatic N) is 2. The first-order valence-corrected chi connectivity index (χ1v) is 23.3. The first kappa shape index (κ1) is 39.3. The third-order valence-corrected chi connectivity index (χ3v) is 21.1. The van der Waals surface area contributed by atoms with Crippen LogP contribution in [0.4, 0.5) is 0 Å². The summed E-state index contributed by atoms with van der Waals surface area (Å²) in [5.41, 5.74) is -0.296. The second-order valence-corrected chi connectivity index (χ2v) is 23.6. The number of rotatable bonds is 6. The molecular formula is C48H74N2O6. The van der Waals surface area contributed by atoms with Crippen molar-refractivity contribution in [2.75, 3.05) is 19.6 Å². The summed E-state index contributed by atoms with van der Waals surface area (Å²) in [4.78, 5) is 59.0. The molecule has 2 heterocycles. The van der Waals surface area contributed by atoms with E-state index in [-0.39, 0.29) is 57.0 Å². The van der Waals surface area contributed by atoms with Gasteiger partial charge >= 0.3 is 11.9 Å². The van der Waals surface area contributed by atoms with Gasteiger partial charge in [-0.1, -0.05) is 55.4 Å². The van der Waals surface area contributed by atoms with Crippen molar-refractivity contribution in [2.45, 2.75) is 177 Å². The third kappa shape index (κ3) is 5.19. The van der Waals surface area contributed by atoms with Gasteiger partial charge in [0.05, 0.1) is 17.3 Å². The Hall–Kier alpha value is -2.12. The van der Waals surface area contributed by atoms with Crippen LogP contribution in [0.2, 0.25) is 0 Å². The van der Waals surface area contributed by atoms with Crippen LogP contribution in [0.15, 0.2) is 0 Å². The second-order valence-electron chi connectivity index (χ2n) is 23.6. The fraction of sp³-hybridized carbons (Fsp3) is 0.917. The van der Waals surface area contributed by atoms with E-state index in [1.807, 2.05) is 13.8 Å². The van der Waals surface area contributed by atoms with Crippen molar-refractivity contribution in [3.8, 4) is 0 Å². The molecule has 1 unspecified atom stereocenters. The molecule has 0 aromatic rings. The molecule has 8 nitrogen and oxygen atoms in total. The largest absolute Gasteiger partial charge is 0.481 e. The average molecular weight is 775 g/mol. The fourth-order valence-corrected chi connectivity index (χ4v) is 17.2. The maximum Gasteiger partial charge on any atom is 0.309 e. The van der Waals surface area contributed by atoms with Crippen LogP contribution in [0, 0.1) is 79.3 Å². The van der Waals surface area contributed by atoms with Gasteiger partial charge in [0.1, 0.15) is 12.1 Å². The number of ether oxygens (including phenoxy) is 1. The molecule has 0 aromatic heterocycles. The highest BCUT2D eigenvalue weighted by Gasteiger charge is 2.74. The summed E-state index contributed by atoms with van der Waals surface area (Å²) in [6, 6.07) is -0.261. The Morgan fingerprint density at radius 1 is 0.625 bits per heavy atom. The predicted molar refractivity (Wildman–Crippen MR) is 215 cm³/mol. The van der Waals surface area contributed by atoms with E-state index >= 15 is 4.79 Å². The minimum atomic E-state index is -0.813. The molecule has 312 valence electrons. The van der Waals surface area contributed by atoms with E-state index in [4.69, 9.17) is 4.74 Å². The van der Waals surface area contributed by atoms with Crippen molar-refractivity contribution >= 4 is 23.8 Å². The predicted octanol–water partition coefficient (Wildman–Crippen LogP) is 9.14. The third-order valence-electron chi connectivity index (χ3n) is 21.1. The summed E-state index contributed by atoms with van der Waals surface area (Å²) in [5.74, 6) is 1.24. The Morgan fingerprint density at radius 3 is 2.00 bits per heavy atom. The number of carbonyl (C=O) groups is 4. The molecule has 9 aliphatic rings. The lowest BCUT2D eigenvalue weighted by atomic mass is 9.32. The van der Waals surface area contributed by atoms with Gasteiger partial charge in [0, 0.05) is 25.0 Å². The molecule has 9 fully saturated rings. The second kappa shape index (κ2) is 12.7. The van der Waals surface area contributed by atoms with Crippen LogP contribution in [-0.4, -0.2) is 70.4 Å². The maximum atomic E-state index is 15.4. The van der Waals surface area contributed by atoms with Crippen molar-refractivity contribution < 1.29 is 29.0 Å². The van der Waals surface area contributed by atoms with E-state index in [9.17, 15) is 19.5 Å². The summed E-state index contributed by atoms with van der Waals surface area (Å²) in [7, 11) is 0. The lowest BCUT2D eigenvalue weighted by Gasteiger charge is -2.73. The van der Waals surface area contributed by atoms with Crippen molar-refractivity contribution in [1.82, 2.24) is 9.80 Å². The van der Waals surface area contributed by atoms with Gasteiger partial charge in [0.25, 0.3) is 0 Å². The zero-order chi connectivity index (χ0) is 40.0. The zero-order valence-corrected chi connectivity index (χ0v) is 36.2. The lowest BCUT2D eigenvalue weighted by molar-refractivity contribution is -0.253. The topological polar surface area (TPSA) is 104 Å². The van der Waals surface area contributed by atoms with Crippen molar-refractivity contribution in [3.05, 3.63) is 0 Å². The molecule has 2 aliphatic heterocycles. The van der Waals surface area contributed by atoms with E-state index in [0.29, 0.717) is 47.3 Å². The minimum Gasteiger partial charge on any atom is -0.481 e. The molecule has 9 rings (SSSR count). The molecule has 56 heavy (non-hydrogen) atoms. The molecule has 7 saturated carbocycles. The monoisotopic (exact) mass is 775 g/mol. The van der Waals surface area contributed by atoms with E-state index in [1.54, 1.807) is 0 Å². The molecule has 8 heteroatoms. The Bertz CT molecular complexity index is 1660. The number of likely N-dealkylation sites (tertiary alicyclic amines) is 2. The number of carboxylic acid groups (broad SMARTS) is 1. The van der Waals surface area contributed by atoms with Crippen LogP contribution in [0.3, 0.4) is 0 Å². The smallest absolute Gasteiger partial charge is 0.309 e. The Morgan fingerprint density at radius 2 is 1.34 bits per heavy atom. The summed E-state index contributed by atoms with van der Waals surface area (Å²) < 4.78 is 6.47. The van der Waals surface area contributed by atoms with Gasteiger partial charge < -0.3 is 19.6 Å². The maximum absolute atomic E-state index is 15.4. The fourth-order valence-electron chi connectivity index (χ4n) is 17.2. The van der Waals surface area contributed by atoms with E-state index < -0.39 is 17.3 Å². The molecule has 0 aromatic carbocycles. The Labute approximate surface area is 337 Å². The quantitative estimate of drug-likeness (QED) is 0.270. The van der Waals surface area contributed by atoms with E-state index in [1.165, 1.54) is 38.5 Å². The summed E-state index contributed by atoms with van der Waals surface area (Å²) in [5, 5.41) is 9.69. The highest BCUT2D eigenvalue weighted by molar-refractivity contribution is 5.91. The van der Waals surface area contributed by atoms with Crippen molar-refractivity contribution in [3.63, 3.8) is 0 Å². The zero-order valence-electron chi connectivity index (χ0n) is 36.2. The first-order chi connectivity index (χ1) is 26.3. The number of fused-ring (bicyclic) bond motifs is 7. The number of amides is 2. The van der Waals surface area contributed by atoms with Crippen LogP contribution in [0.25, 0.3) is 0 Å². The van der Waals surface area contributed by atoms with Gasteiger partial charge in [-0.3, -0.25) is 19.2 Å². The van der Waals surface area contributed by atoms with E-state index in [2.05, 4.69) is 51.3 Å². The average Bonchev–Trinajstić information content (AvgIpc) is 3.56. The summed E-state index contributed by atoms with van der Waals surface area (Å²) in [6.07, 6.45) is 17.6. The number of aliphatic carboxylic acids is 1. The molecule has 0 radical (unpaired) electrons. The lowest BCUT2D eigenvalue weighted by Crippen LogP contribution is -2.68. The number of esters is 1. The molecule has 1 N–H and O–H groups in total. The van der Waals surface area contributed by atoms with Crippen LogP contribution in [-0.2, 0) is 23.9 Å². The van der Waals surface area contributed by atoms with Gasteiger partial charge in [-0.2, -0.15) is 0 Å². The first-order valence-electron chi connectivity index (χ1n) is 23.3. The normalized spacial score (nSPS) is 48.1. The molecule has 13 atom stereocenters. The van der Waals surface area contributed by atoms with Crippen LogP contribution < -0.4 is 0 Å². The van der Waals surface area contributed by atoms with Gasteiger partial charge in [0.15, 0.2) is 0 Å². The molecule has 0 bridgehead atoms. The highest BCUT2D eigenvalue weighted by Crippen LogP contribution is 2.79. The summed E-state index contributed by atoms with van der Waals surface area (Å²) in [6.45, 7) is 21.4. The number of hydrogen-bond acceptors (Lipinski definition) is 5. The summed E-state index contributed by atoms with van der Waals surface area (Å²) >= 11 is 0. The Kier molecular flexibility index (Phi) is 8.92. The van der Waals surface area contributed by atoms with Crippen LogP contribution in [0.1, 0.15) is 165 Å². The van der Waals surface area contributed by atoms with Gasteiger partial charge in [-0.15, -0.1) is 0 Å². The van der Waals surface area contributed by atoms with Gasteiger partial charge in [-0.05, 0) is 166 Å². The van der Waals surface area contributed by atoms with E-state index in [0.717, 1.165) is 83.8 Å². The Balaban J connectivity index is 0.977. The van der Waals surface area contributed by atoms with Crippen LogP contribution in [0.5, 0.6) is 0 Å². The standard InChI is InChI=1S/C48H74N2O6/c1-42(2)31(39(52)53)28-32(42)40(54)56-36-17-18-45(6)34(43(36,3)4)16-19-47(8)35(45)14-13-30-37-29(44(5)21-22-44)15-20-48(37,24-23-46(30,47)7)41(55)50-27-11-12-33(50)38(51)49-25-9-10-26-49/h29-37H,9-28H2,1-8H3,(H,52,53)/t29-,30-,31+,32-,33+,34?,35-,36+,37-,45+,46-,47-,48+/m1/s1. The molecule has 2 saturated heterocycles. The highest BCUT2D eigenvalue weighted by atomic mass is 16.5. The van der Waals surface area contributed by atoms with Crippen LogP contribution >= 0.6 is 0 Å². The molecular weight excluding hydrogens is 701 g/mol. The number of carboxylic acids is 1. The molecule has 7 aliphatic carbocycles. The minimum absolute atomic E-state index is 0.137. The molecule has 2 amide bonds. The number of carbonyl (C=O) groups excluding carboxylic acids is 3. The van der Waals surface area contributed by atoms with Crippen molar-refractivity contribution in [1.29, 1.82) is 0 Å². The van der Waals surface area contributed by atoms with Gasteiger partial charge in [0.2, 0.25) is 11.8 Å². The van der Waals surface area contributed by atoms with Crippen molar-refractivity contribution in [2.24, 2.45) is 79.3 Å². The molecule has 0 spiro atoms. The SMILES string of the molecule is CC1([C@@H]2CC[C@]3(C(=O)N4CCC[C@H]4C(=O)N4CCCC4)CC[C@]4(C)[C@H](CC[C@@H]5[C@@]6(C)CC[C@H](OC(=O)[C@H]7C[C@@H](C(=O)O)C7(C)C)C(C)(C)C6CC[C@]54C)[C@@H]23)CC1. The van der Waals surface area contributed by atoms with Gasteiger partial charge in [-0.25, -0.2) is 0 Å². The number of hydrogen-bond donors (Lipinski definition) is 1.